The molecule has 8 heteroatoms. The molecule has 8 nitrogen and oxygen atoms in total. The summed E-state index contributed by atoms with van der Waals surface area (Å²) < 4.78 is 6.86. The lowest BCUT2D eigenvalue weighted by Gasteiger charge is -2.39. The van der Waals surface area contributed by atoms with Crippen LogP contribution in [0.3, 0.4) is 0 Å². The van der Waals surface area contributed by atoms with Crippen molar-refractivity contribution in [1.82, 2.24) is 14.7 Å². The summed E-state index contributed by atoms with van der Waals surface area (Å²) in [6.45, 7) is 12.7. The number of benzene rings is 2. The van der Waals surface area contributed by atoms with Gasteiger partial charge in [-0.1, -0.05) is 79.7 Å². The number of amides is 3. The molecule has 1 spiro atoms. The van der Waals surface area contributed by atoms with Crippen molar-refractivity contribution in [3.8, 4) is 0 Å². The van der Waals surface area contributed by atoms with Crippen molar-refractivity contribution in [3.63, 3.8) is 0 Å². The Labute approximate surface area is 248 Å². The molecule has 3 aliphatic heterocycles. The normalized spacial score (nSPS) is 29.3. The first-order valence-electron chi connectivity index (χ1n) is 14.7. The standard InChI is InChI=1S/C34H41N3O5/c1-5-17-35(22-25-13-9-7-10-14-25)30(39)27-28-31(40)37(19-20-38)29(34(28)21-24(3)33(27,4)42-34)32(41)36(18-6-2)23-26-15-11-8-12-16-26/h5-16,24,27-29,38H,1-2,17-23H2,3-4H3/t24?,27-,28-,29?,33+,34?/m0/s1. The van der Waals surface area contributed by atoms with E-state index in [-0.39, 0.29) is 43.3 Å². The van der Waals surface area contributed by atoms with Crippen molar-refractivity contribution < 1.29 is 24.2 Å². The number of nitrogens with zero attached hydrogens (tertiary/aromatic N) is 3. The van der Waals surface area contributed by atoms with E-state index in [1.807, 2.05) is 74.5 Å². The van der Waals surface area contributed by atoms with Gasteiger partial charge in [0.25, 0.3) is 0 Å². The van der Waals surface area contributed by atoms with Gasteiger partial charge >= 0.3 is 0 Å². The SMILES string of the molecule is C=CCN(Cc1ccccc1)C(=O)C1N(CCO)C(=O)[C@@H]2[C@@H](C(=O)N(CC=C)Cc3ccccc3)[C@]3(C)OC12CC3C. The molecule has 3 saturated heterocycles. The lowest BCUT2D eigenvalue weighted by atomic mass is 9.62. The number of ether oxygens (including phenoxy) is 1. The monoisotopic (exact) mass is 571 g/mol. The molecule has 5 rings (SSSR count). The number of aliphatic hydroxyl groups is 1. The van der Waals surface area contributed by atoms with E-state index in [1.54, 1.807) is 22.0 Å². The van der Waals surface area contributed by atoms with Gasteiger partial charge in [0.1, 0.15) is 11.6 Å². The molecule has 2 aromatic rings. The van der Waals surface area contributed by atoms with Gasteiger partial charge in [-0.05, 0) is 30.4 Å². The molecule has 0 aromatic heterocycles. The highest BCUT2D eigenvalue weighted by atomic mass is 16.5. The molecule has 0 radical (unpaired) electrons. The Morgan fingerprint density at radius 3 is 2.00 bits per heavy atom. The number of carbonyl (C=O) groups is 3. The Kier molecular flexibility index (Phi) is 8.39. The number of hydrogen-bond acceptors (Lipinski definition) is 5. The number of hydrogen-bond donors (Lipinski definition) is 1. The van der Waals surface area contributed by atoms with Crippen LogP contribution in [0.5, 0.6) is 0 Å². The van der Waals surface area contributed by atoms with Gasteiger partial charge in [0.05, 0.1) is 24.0 Å². The third-order valence-corrected chi connectivity index (χ3v) is 9.41. The number of fused-ring (bicyclic) bond motifs is 1. The van der Waals surface area contributed by atoms with Gasteiger partial charge in [-0.15, -0.1) is 13.2 Å². The van der Waals surface area contributed by atoms with E-state index in [0.717, 1.165) is 11.1 Å². The van der Waals surface area contributed by atoms with Crippen molar-refractivity contribution in [2.45, 2.75) is 50.6 Å². The highest BCUT2D eigenvalue weighted by Crippen LogP contribution is 2.65. The van der Waals surface area contributed by atoms with Crippen molar-refractivity contribution in [2.75, 3.05) is 26.2 Å². The fraction of sp³-hybridized carbons (Fsp3) is 0.441. The number of likely N-dealkylation sites (tertiary alicyclic amines) is 1. The van der Waals surface area contributed by atoms with Gasteiger partial charge in [0.15, 0.2) is 0 Å². The zero-order valence-electron chi connectivity index (χ0n) is 24.5. The topological polar surface area (TPSA) is 90.4 Å². The second-order valence-corrected chi connectivity index (χ2v) is 11.9. The molecule has 0 aliphatic carbocycles. The molecule has 222 valence electrons. The molecule has 3 heterocycles. The van der Waals surface area contributed by atoms with Crippen LogP contribution in [0.25, 0.3) is 0 Å². The number of rotatable bonds is 12. The molecule has 2 aromatic carbocycles. The Morgan fingerprint density at radius 2 is 1.50 bits per heavy atom. The molecule has 6 atom stereocenters. The quantitative estimate of drug-likeness (QED) is 0.395. The van der Waals surface area contributed by atoms with Crippen molar-refractivity contribution in [1.29, 1.82) is 0 Å². The summed E-state index contributed by atoms with van der Waals surface area (Å²) in [5.74, 6) is -2.45. The minimum atomic E-state index is -1.18. The molecule has 1 N–H and O–H groups in total. The summed E-state index contributed by atoms with van der Waals surface area (Å²) in [7, 11) is 0. The molecule has 2 bridgehead atoms. The second kappa shape index (κ2) is 11.9. The fourth-order valence-electron chi connectivity index (χ4n) is 7.50. The van der Waals surface area contributed by atoms with Gasteiger partial charge < -0.3 is 24.5 Å². The predicted octanol–water partition coefficient (Wildman–Crippen LogP) is 3.42. The van der Waals surface area contributed by atoms with Crippen LogP contribution in [0, 0.1) is 17.8 Å². The maximum Gasteiger partial charge on any atom is 0.248 e. The maximum atomic E-state index is 14.5. The summed E-state index contributed by atoms with van der Waals surface area (Å²) in [6, 6.07) is 18.4. The molecular formula is C34H41N3O5. The Morgan fingerprint density at radius 1 is 0.976 bits per heavy atom. The zero-order valence-corrected chi connectivity index (χ0v) is 24.5. The number of β-amino-alcohol motifs (C(OH)–C–C–N with tert-alkyl or cyclic N) is 1. The minimum Gasteiger partial charge on any atom is -0.395 e. The van der Waals surface area contributed by atoms with Gasteiger partial charge in [-0.2, -0.15) is 0 Å². The average Bonchev–Trinajstić information content (AvgIpc) is 3.49. The minimum absolute atomic E-state index is 0.0174. The van der Waals surface area contributed by atoms with Gasteiger partial charge in [-0.3, -0.25) is 14.4 Å². The van der Waals surface area contributed by atoms with Gasteiger partial charge in [-0.25, -0.2) is 0 Å². The van der Waals surface area contributed by atoms with Crippen LogP contribution in [0.1, 0.15) is 31.4 Å². The van der Waals surface area contributed by atoms with Crippen LogP contribution in [0.4, 0.5) is 0 Å². The van der Waals surface area contributed by atoms with E-state index in [2.05, 4.69) is 13.2 Å². The van der Waals surface area contributed by atoms with Crippen molar-refractivity contribution >= 4 is 17.7 Å². The highest BCUT2D eigenvalue weighted by Gasteiger charge is 2.80. The third kappa shape index (κ3) is 4.86. The Hall–Kier alpha value is -3.75. The van der Waals surface area contributed by atoms with Crippen LogP contribution in [-0.2, 0) is 32.2 Å². The summed E-state index contributed by atoms with van der Waals surface area (Å²) >= 11 is 0. The van der Waals surface area contributed by atoms with Crippen LogP contribution < -0.4 is 0 Å². The van der Waals surface area contributed by atoms with E-state index < -0.39 is 29.1 Å². The summed E-state index contributed by atoms with van der Waals surface area (Å²) in [5.41, 5.74) is -0.190. The molecular weight excluding hydrogens is 530 g/mol. The molecule has 0 saturated carbocycles. The predicted molar refractivity (Wildman–Crippen MR) is 160 cm³/mol. The van der Waals surface area contributed by atoms with Crippen molar-refractivity contribution in [2.24, 2.45) is 17.8 Å². The molecule has 3 fully saturated rings. The molecule has 3 aliphatic rings. The van der Waals surface area contributed by atoms with Crippen LogP contribution >= 0.6 is 0 Å². The first-order chi connectivity index (χ1) is 20.2. The third-order valence-electron chi connectivity index (χ3n) is 9.41. The molecule has 3 amide bonds. The molecule has 42 heavy (non-hydrogen) atoms. The molecule has 3 unspecified atom stereocenters. The van der Waals surface area contributed by atoms with Gasteiger partial charge in [0, 0.05) is 32.7 Å². The highest BCUT2D eigenvalue weighted by molar-refractivity contribution is 5.99. The number of aliphatic hydroxyl groups excluding tert-OH is 1. The fourth-order valence-corrected chi connectivity index (χ4v) is 7.50. The Balaban J connectivity index is 1.54. The smallest absolute Gasteiger partial charge is 0.248 e. The van der Waals surface area contributed by atoms with E-state index in [9.17, 15) is 19.5 Å². The van der Waals surface area contributed by atoms with E-state index in [1.165, 1.54) is 4.90 Å². The lowest BCUT2D eigenvalue weighted by molar-refractivity contribution is -0.155. The number of carbonyl (C=O) groups excluding carboxylic acids is 3. The summed E-state index contributed by atoms with van der Waals surface area (Å²) in [6.07, 6.45) is 3.83. The first-order valence-corrected chi connectivity index (χ1v) is 14.7. The van der Waals surface area contributed by atoms with E-state index >= 15 is 0 Å². The summed E-state index contributed by atoms with van der Waals surface area (Å²) in [5, 5.41) is 9.99. The van der Waals surface area contributed by atoms with E-state index in [4.69, 9.17) is 4.74 Å². The Bertz CT molecular complexity index is 1330. The first kappa shape index (κ1) is 29.7. The maximum absolute atomic E-state index is 14.5. The van der Waals surface area contributed by atoms with Crippen LogP contribution in [0.2, 0.25) is 0 Å². The lowest BCUT2D eigenvalue weighted by Crippen LogP contribution is -2.57. The second-order valence-electron chi connectivity index (χ2n) is 11.9. The van der Waals surface area contributed by atoms with E-state index in [0.29, 0.717) is 26.1 Å². The zero-order chi connectivity index (χ0) is 30.1. The average molecular weight is 572 g/mol. The van der Waals surface area contributed by atoms with Crippen LogP contribution in [-0.4, -0.2) is 81.0 Å². The van der Waals surface area contributed by atoms with Gasteiger partial charge in [0.2, 0.25) is 17.7 Å². The van der Waals surface area contributed by atoms with Crippen LogP contribution in [0.15, 0.2) is 86.0 Å². The van der Waals surface area contributed by atoms with Crippen molar-refractivity contribution in [3.05, 3.63) is 97.1 Å². The largest absolute Gasteiger partial charge is 0.395 e. The summed E-state index contributed by atoms with van der Waals surface area (Å²) in [4.78, 5) is 48.1.